The molecule has 0 fully saturated rings. The number of fused-ring (bicyclic) bond motifs is 1. The van der Waals surface area contributed by atoms with E-state index in [2.05, 4.69) is 24.3 Å². The van der Waals surface area contributed by atoms with Crippen LogP contribution in [0.3, 0.4) is 0 Å². The van der Waals surface area contributed by atoms with Crippen LogP contribution < -0.4 is 9.47 Å². The van der Waals surface area contributed by atoms with E-state index in [1.807, 2.05) is 6.07 Å². The number of aliphatic hydroxyl groups is 2. The van der Waals surface area contributed by atoms with Crippen LogP contribution in [0.15, 0.2) is 54.3 Å². The molecule has 2 aromatic carbocycles. The first kappa shape index (κ1) is 20.9. The highest BCUT2D eigenvalue weighted by atomic mass is 16.5. The Balaban J connectivity index is 1.61. The molecule has 0 bridgehead atoms. The van der Waals surface area contributed by atoms with Crippen LogP contribution in [0.4, 0.5) is 0 Å². The molecule has 0 amide bonds. The number of rotatable bonds is 8. The van der Waals surface area contributed by atoms with Crippen molar-refractivity contribution in [2.24, 2.45) is 0 Å². The summed E-state index contributed by atoms with van der Waals surface area (Å²) in [4.78, 5) is 12.7. The molecule has 1 aliphatic rings. The second kappa shape index (κ2) is 9.14. The molecule has 0 spiro atoms. The molecule has 2 N–H and O–H groups in total. The molecule has 154 valence electrons. The van der Waals surface area contributed by atoms with Crippen LogP contribution in [0, 0.1) is 0 Å². The lowest BCUT2D eigenvalue weighted by Crippen LogP contribution is -2.39. The van der Waals surface area contributed by atoms with Crippen molar-refractivity contribution in [3.63, 3.8) is 0 Å². The third-order valence-corrected chi connectivity index (χ3v) is 5.16. The minimum absolute atomic E-state index is 0.159. The first-order chi connectivity index (χ1) is 14.0. The van der Waals surface area contributed by atoms with E-state index in [1.54, 1.807) is 26.0 Å². The number of benzene rings is 2. The van der Waals surface area contributed by atoms with E-state index in [-0.39, 0.29) is 23.5 Å². The van der Waals surface area contributed by atoms with Gasteiger partial charge in [0.25, 0.3) is 0 Å². The summed E-state index contributed by atoms with van der Waals surface area (Å²) in [6.45, 7) is 3.67. The Kier molecular flexibility index (Phi) is 6.60. The summed E-state index contributed by atoms with van der Waals surface area (Å²) in [5.74, 6) is 0.599. The average molecular weight is 396 g/mol. The van der Waals surface area contributed by atoms with E-state index < -0.39 is 5.60 Å². The summed E-state index contributed by atoms with van der Waals surface area (Å²) >= 11 is 0. The van der Waals surface area contributed by atoms with Gasteiger partial charge in [-0.25, -0.2) is 0 Å². The largest absolute Gasteiger partial charge is 0.515 e. The van der Waals surface area contributed by atoms with Crippen molar-refractivity contribution in [1.82, 2.24) is 0 Å². The zero-order chi connectivity index (χ0) is 20.9. The fourth-order valence-corrected chi connectivity index (χ4v) is 3.59. The number of aliphatic hydroxyl groups excluding tert-OH is 2. The Bertz CT molecular complexity index is 884. The molecule has 1 heterocycles. The van der Waals surface area contributed by atoms with E-state index >= 15 is 0 Å². The predicted molar refractivity (Wildman–Crippen MR) is 112 cm³/mol. The summed E-state index contributed by atoms with van der Waals surface area (Å²) in [7, 11) is 0. The summed E-state index contributed by atoms with van der Waals surface area (Å²) in [6.07, 6.45) is 4.91. The van der Waals surface area contributed by atoms with Gasteiger partial charge in [-0.15, -0.1) is 0 Å². The molecule has 0 saturated carbocycles. The average Bonchev–Trinajstić information content (AvgIpc) is 2.70. The first-order valence-corrected chi connectivity index (χ1v) is 9.99. The van der Waals surface area contributed by atoms with Crippen LogP contribution in [0.25, 0.3) is 0 Å². The molecule has 5 heteroatoms. The summed E-state index contributed by atoms with van der Waals surface area (Å²) < 4.78 is 11.8. The number of carbonyl (C=O) groups excluding carboxylic acids is 1. The quantitative estimate of drug-likeness (QED) is 0.382. The lowest BCUT2D eigenvalue weighted by atomic mass is 9.86. The normalized spacial score (nSPS) is 16.4. The number of Topliss-reactive ketones (excluding diaryl/α,β-unsaturated/α-hetero) is 1. The van der Waals surface area contributed by atoms with Crippen molar-refractivity contribution in [1.29, 1.82) is 0 Å². The lowest BCUT2D eigenvalue weighted by molar-refractivity contribution is 0.0836. The highest BCUT2D eigenvalue weighted by Crippen LogP contribution is 2.40. The van der Waals surface area contributed by atoms with Gasteiger partial charge in [-0.1, -0.05) is 30.3 Å². The molecule has 0 aromatic heterocycles. The smallest absolute Gasteiger partial charge is 0.200 e. The molecule has 0 saturated heterocycles. The standard InChI is InChI=1S/C24H28O5/c1-24(2)20(16-26)23(27)22-18(15-25)13-19(14-21(22)29-24)28-12-8-4-7-11-17-9-5-3-6-10-17/h3,5-6,9-10,13-14,16,25-26H,4,7-8,11-12,15H2,1-2H3. The van der Waals surface area contributed by atoms with Crippen molar-refractivity contribution < 1.29 is 24.5 Å². The van der Waals surface area contributed by atoms with Gasteiger partial charge >= 0.3 is 0 Å². The maximum Gasteiger partial charge on any atom is 0.200 e. The molecule has 1 aliphatic heterocycles. The maximum absolute atomic E-state index is 12.7. The van der Waals surface area contributed by atoms with Crippen LogP contribution >= 0.6 is 0 Å². The van der Waals surface area contributed by atoms with E-state index in [9.17, 15) is 15.0 Å². The van der Waals surface area contributed by atoms with E-state index in [0.717, 1.165) is 31.9 Å². The molecular formula is C24H28O5. The Labute approximate surface area is 171 Å². The summed E-state index contributed by atoms with van der Waals surface area (Å²) in [5.41, 5.74) is 1.26. The molecule has 0 atom stereocenters. The van der Waals surface area contributed by atoms with Crippen molar-refractivity contribution in [2.75, 3.05) is 6.61 Å². The van der Waals surface area contributed by atoms with Gasteiger partial charge in [-0.2, -0.15) is 0 Å². The Morgan fingerprint density at radius 1 is 1.10 bits per heavy atom. The number of hydrogen-bond acceptors (Lipinski definition) is 5. The van der Waals surface area contributed by atoms with Crippen LogP contribution in [0.2, 0.25) is 0 Å². The van der Waals surface area contributed by atoms with Gasteiger partial charge < -0.3 is 19.7 Å². The second-order valence-corrected chi connectivity index (χ2v) is 7.74. The molecule has 2 aromatic rings. The van der Waals surface area contributed by atoms with E-state index in [0.29, 0.717) is 23.7 Å². The minimum Gasteiger partial charge on any atom is -0.515 e. The number of ether oxygens (including phenoxy) is 2. The highest BCUT2D eigenvalue weighted by molar-refractivity contribution is 6.13. The maximum atomic E-state index is 12.7. The number of aryl methyl sites for hydroxylation is 1. The molecule has 5 nitrogen and oxygen atoms in total. The highest BCUT2D eigenvalue weighted by Gasteiger charge is 2.40. The van der Waals surface area contributed by atoms with Crippen LogP contribution in [0.5, 0.6) is 11.5 Å². The second-order valence-electron chi connectivity index (χ2n) is 7.74. The third kappa shape index (κ3) is 4.80. The van der Waals surface area contributed by atoms with Crippen molar-refractivity contribution in [3.8, 4) is 11.5 Å². The van der Waals surface area contributed by atoms with Crippen LogP contribution in [-0.2, 0) is 13.0 Å². The predicted octanol–water partition coefficient (Wildman–Crippen LogP) is 4.77. The SMILES string of the molecule is CC1(C)Oc2cc(OCCCCCc3ccccc3)cc(CO)c2C(=O)C1=CO. The van der Waals surface area contributed by atoms with Gasteiger partial charge in [0.15, 0.2) is 5.78 Å². The van der Waals surface area contributed by atoms with Crippen molar-refractivity contribution >= 4 is 5.78 Å². The fraction of sp³-hybridized carbons (Fsp3) is 0.375. The van der Waals surface area contributed by atoms with Gasteiger partial charge in [0.1, 0.15) is 17.1 Å². The van der Waals surface area contributed by atoms with Gasteiger partial charge in [0.05, 0.1) is 30.6 Å². The Morgan fingerprint density at radius 2 is 1.86 bits per heavy atom. The van der Waals surface area contributed by atoms with E-state index in [4.69, 9.17) is 9.47 Å². The Hall–Kier alpha value is -2.79. The molecule has 29 heavy (non-hydrogen) atoms. The van der Waals surface area contributed by atoms with Crippen LogP contribution in [0.1, 0.15) is 54.6 Å². The van der Waals surface area contributed by atoms with Gasteiger partial charge in [-0.3, -0.25) is 4.79 Å². The molecule has 0 aliphatic carbocycles. The number of unbranched alkanes of at least 4 members (excludes halogenated alkanes) is 2. The zero-order valence-electron chi connectivity index (χ0n) is 17.0. The van der Waals surface area contributed by atoms with E-state index in [1.165, 1.54) is 5.56 Å². The third-order valence-electron chi connectivity index (χ3n) is 5.16. The molecule has 0 unspecified atom stereocenters. The summed E-state index contributed by atoms with van der Waals surface area (Å²) in [6, 6.07) is 13.8. The fourth-order valence-electron chi connectivity index (χ4n) is 3.59. The summed E-state index contributed by atoms with van der Waals surface area (Å²) in [5, 5.41) is 19.2. The number of carbonyl (C=O) groups is 1. The van der Waals surface area contributed by atoms with Gasteiger partial charge in [-0.05, 0) is 56.7 Å². The number of ketones is 1. The molecule has 3 rings (SSSR count). The molecule has 0 radical (unpaired) electrons. The first-order valence-electron chi connectivity index (χ1n) is 9.99. The molecular weight excluding hydrogens is 368 g/mol. The number of hydrogen-bond donors (Lipinski definition) is 2. The lowest BCUT2D eigenvalue weighted by Gasteiger charge is -2.34. The van der Waals surface area contributed by atoms with Crippen molar-refractivity contribution in [2.45, 2.75) is 51.7 Å². The van der Waals surface area contributed by atoms with Gasteiger partial charge in [0.2, 0.25) is 0 Å². The van der Waals surface area contributed by atoms with Crippen LogP contribution in [-0.4, -0.2) is 28.2 Å². The topological polar surface area (TPSA) is 76.0 Å². The van der Waals surface area contributed by atoms with Gasteiger partial charge in [0, 0.05) is 6.07 Å². The monoisotopic (exact) mass is 396 g/mol. The van der Waals surface area contributed by atoms with Crippen molar-refractivity contribution in [3.05, 3.63) is 71.0 Å². The minimum atomic E-state index is -0.957. The Morgan fingerprint density at radius 3 is 2.55 bits per heavy atom. The zero-order valence-corrected chi connectivity index (χ0v) is 17.0.